The Bertz CT molecular complexity index is 228. The predicted molar refractivity (Wildman–Crippen MR) is 40.5 cm³/mol. The van der Waals surface area contributed by atoms with Crippen LogP contribution in [-0.2, 0) is 11.2 Å². The monoisotopic (exact) mass is 159 g/mol. The Labute approximate surface area is 89.6 Å². The minimum Gasteiger partial charge on any atom is -1.00 e. The zero-order valence-electron chi connectivity index (χ0n) is 7.58. The van der Waals surface area contributed by atoms with Crippen LogP contribution in [-0.4, -0.2) is 5.91 Å². The summed E-state index contributed by atoms with van der Waals surface area (Å²) in [6, 6.07) is 9.44. The van der Waals surface area contributed by atoms with E-state index in [0.717, 1.165) is 5.56 Å². The quantitative estimate of drug-likeness (QED) is 0.490. The molecule has 2 nitrogen and oxygen atoms in total. The topological polar surface area (TPSA) is 43.1 Å². The summed E-state index contributed by atoms with van der Waals surface area (Å²) < 4.78 is 0. The molecule has 0 radical (unpaired) electrons. The molecule has 0 saturated carbocycles. The van der Waals surface area contributed by atoms with Crippen LogP contribution in [0, 0.1) is 0 Å². The minimum atomic E-state index is -0.286. The number of hydrogen-bond donors (Lipinski definition) is 1. The van der Waals surface area contributed by atoms with Crippen molar-refractivity contribution < 1.29 is 35.8 Å². The third kappa shape index (κ3) is 4.19. The second-order valence-corrected chi connectivity index (χ2v) is 2.13. The Morgan fingerprint density at radius 3 is 2.36 bits per heavy atom. The third-order valence-electron chi connectivity index (χ3n) is 1.22. The van der Waals surface area contributed by atoms with Crippen LogP contribution in [0.15, 0.2) is 30.3 Å². The van der Waals surface area contributed by atoms with Gasteiger partial charge >= 0.3 is 29.6 Å². The van der Waals surface area contributed by atoms with Gasteiger partial charge in [-0.25, -0.2) is 0 Å². The number of carbonyl (C=O) groups is 1. The molecule has 11 heavy (non-hydrogen) atoms. The first kappa shape index (κ1) is 10.7. The van der Waals surface area contributed by atoms with Crippen LogP contribution in [0.3, 0.4) is 0 Å². The summed E-state index contributed by atoms with van der Waals surface area (Å²) >= 11 is 0. The van der Waals surface area contributed by atoms with Crippen molar-refractivity contribution >= 4 is 5.91 Å². The van der Waals surface area contributed by atoms with Gasteiger partial charge in [0.2, 0.25) is 5.91 Å². The molecule has 1 rings (SSSR count). The van der Waals surface area contributed by atoms with Crippen LogP contribution in [0.25, 0.3) is 0 Å². The molecule has 0 aliphatic rings. The normalized spacial score (nSPS) is 8.36. The first-order chi connectivity index (χ1) is 4.79. The summed E-state index contributed by atoms with van der Waals surface area (Å²) in [4.78, 5) is 10.4. The molecule has 54 valence electrons. The van der Waals surface area contributed by atoms with Gasteiger partial charge in [0, 0.05) is 0 Å². The number of nitrogens with two attached hydrogens (primary N) is 1. The Kier molecular flexibility index (Phi) is 5.20. The van der Waals surface area contributed by atoms with Crippen molar-refractivity contribution in [1.82, 2.24) is 0 Å². The van der Waals surface area contributed by atoms with Crippen LogP contribution in [0.1, 0.15) is 6.99 Å². The largest absolute Gasteiger partial charge is 1.00 e. The zero-order valence-corrected chi connectivity index (χ0v) is 8.58. The van der Waals surface area contributed by atoms with Gasteiger partial charge in [-0.05, 0) is 5.56 Å². The Balaban J connectivity index is 0. The van der Waals surface area contributed by atoms with E-state index in [1.807, 2.05) is 30.3 Å². The molecule has 1 aromatic rings. The van der Waals surface area contributed by atoms with Gasteiger partial charge in [0.25, 0.3) is 0 Å². The molecule has 0 atom stereocenters. The van der Waals surface area contributed by atoms with Gasteiger partial charge in [-0.3, -0.25) is 4.79 Å². The van der Waals surface area contributed by atoms with Gasteiger partial charge in [0.15, 0.2) is 0 Å². The Morgan fingerprint density at radius 1 is 1.36 bits per heavy atom. The van der Waals surface area contributed by atoms with Gasteiger partial charge in [-0.15, -0.1) is 0 Å². The summed E-state index contributed by atoms with van der Waals surface area (Å²) in [5, 5.41) is 0. The molecule has 0 fully saturated rings. The summed E-state index contributed by atoms with van der Waals surface area (Å²) in [5.74, 6) is -0.286. The molecule has 1 amide bonds. The molecule has 0 saturated heterocycles. The summed E-state index contributed by atoms with van der Waals surface area (Å²) in [5.41, 5.74) is 5.95. The molecule has 0 bridgehead atoms. The molecule has 0 heterocycles. The van der Waals surface area contributed by atoms with Gasteiger partial charge in [0.1, 0.15) is 0 Å². The van der Waals surface area contributed by atoms with Crippen molar-refractivity contribution in [2.24, 2.45) is 5.73 Å². The summed E-state index contributed by atoms with van der Waals surface area (Å²) in [6.07, 6.45) is 0.334. The van der Waals surface area contributed by atoms with E-state index in [4.69, 9.17) is 5.73 Å². The molecule has 0 aromatic heterocycles. The molecular formula is C8H10NNaO. The number of rotatable bonds is 2. The van der Waals surface area contributed by atoms with Gasteiger partial charge in [0.05, 0.1) is 6.42 Å². The van der Waals surface area contributed by atoms with Gasteiger partial charge < -0.3 is 7.16 Å². The van der Waals surface area contributed by atoms with Crippen molar-refractivity contribution in [3.05, 3.63) is 35.9 Å². The van der Waals surface area contributed by atoms with Crippen molar-refractivity contribution in [2.45, 2.75) is 6.42 Å². The van der Waals surface area contributed by atoms with E-state index < -0.39 is 0 Å². The van der Waals surface area contributed by atoms with Gasteiger partial charge in [-0.2, -0.15) is 0 Å². The van der Waals surface area contributed by atoms with Crippen LogP contribution >= 0.6 is 0 Å². The van der Waals surface area contributed by atoms with Crippen LogP contribution in [0.2, 0.25) is 0 Å². The molecule has 0 aliphatic heterocycles. The zero-order chi connectivity index (χ0) is 7.40. The van der Waals surface area contributed by atoms with E-state index in [9.17, 15) is 4.79 Å². The average Bonchev–Trinajstić information content (AvgIpc) is 1.88. The van der Waals surface area contributed by atoms with E-state index in [2.05, 4.69) is 0 Å². The number of benzene rings is 1. The smallest absolute Gasteiger partial charge is 1.00 e. The predicted octanol–water partition coefficient (Wildman–Crippen LogP) is -2.17. The maximum atomic E-state index is 10.4. The standard InChI is InChI=1S/C8H9NO.Na.H/c9-8(10)6-7-4-2-1-3-5-7;;/h1-5H,6H2,(H2,9,10);;/q;+1;-1. The van der Waals surface area contributed by atoms with Crippen molar-refractivity contribution in [3.8, 4) is 0 Å². The summed E-state index contributed by atoms with van der Waals surface area (Å²) in [6.45, 7) is 0. The summed E-state index contributed by atoms with van der Waals surface area (Å²) in [7, 11) is 0. The fraction of sp³-hybridized carbons (Fsp3) is 0.125. The fourth-order valence-corrected chi connectivity index (χ4v) is 0.797. The average molecular weight is 159 g/mol. The van der Waals surface area contributed by atoms with E-state index in [0.29, 0.717) is 6.42 Å². The Hall–Kier alpha value is -0.310. The molecule has 1 aromatic carbocycles. The number of carbonyl (C=O) groups excluding carboxylic acids is 1. The van der Waals surface area contributed by atoms with E-state index in [-0.39, 0.29) is 36.9 Å². The second kappa shape index (κ2) is 5.35. The number of hydrogen-bond acceptors (Lipinski definition) is 1. The maximum absolute atomic E-state index is 10.4. The fourth-order valence-electron chi connectivity index (χ4n) is 0.797. The SMILES string of the molecule is NC(=O)Cc1ccccc1.[H-].[Na+]. The first-order valence-corrected chi connectivity index (χ1v) is 3.11. The van der Waals surface area contributed by atoms with Crippen molar-refractivity contribution in [1.29, 1.82) is 0 Å². The minimum absolute atomic E-state index is 0. The first-order valence-electron chi connectivity index (χ1n) is 3.11. The van der Waals surface area contributed by atoms with Gasteiger partial charge in [-0.1, -0.05) is 30.3 Å². The maximum Gasteiger partial charge on any atom is 1.00 e. The molecule has 3 heteroatoms. The number of primary amides is 1. The van der Waals surface area contributed by atoms with Crippen molar-refractivity contribution in [3.63, 3.8) is 0 Å². The molecular weight excluding hydrogens is 149 g/mol. The Morgan fingerprint density at radius 2 is 1.91 bits per heavy atom. The molecule has 2 N–H and O–H groups in total. The van der Waals surface area contributed by atoms with E-state index >= 15 is 0 Å². The molecule has 0 aliphatic carbocycles. The van der Waals surface area contributed by atoms with Crippen LogP contribution in [0.4, 0.5) is 0 Å². The molecule has 0 unspecified atom stereocenters. The molecule has 0 spiro atoms. The van der Waals surface area contributed by atoms with Crippen molar-refractivity contribution in [2.75, 3.05) is 0 Å². The second-order valence-electron chi connectivity index (χ2n) is 2.13. The van der Waals surface area contributed by atoms with Crippen LogP contribution in [0.5, 0.6) is 0 Å². The van der Waals surface area contributed by atoms with E-state index in [1.165, 1.54) is 0 Å². The number of amides is 1. The van der Waals surface area contributed by atoms with Crippen LogP contribution < -0.4 is 35.3 Å². The third-order valence-corrected chi connectivity index (χ3v) is 1.22. The van der Waals surface area contributed by atoms with E-state index in [1.54, 1.807) is 0 Å².